The number of halogens is 2. The largest absolute Gasteiger partial charge is 0.390 e. The van der Waals surface area contributed by atoms with E-state index >= 15 is 0 Å². The molecular weight excluding hydrogens is 512 g/mol. The second-order valence-electron chi connectivity index (χ2n) is 10.2. The van der Waals surface area contributed by atoms with Gasteiger partial charge in [0.25, 0.3) is 5.91 Å². The lowest BCUT2D eigenvalue weighted by Crippen LogP contribution is -2.53. The Morgan fingerprint density at radius 1 is 0.974 bits per heavy atom. The number of carbonyl (C=O) groups is 2. The Balaban J connectivity index is 1.75. The first-order valence-electron chi connectivity index (χ1n) is 13.0. The molecule has 0 aliphatic carbocycles. The van der Waals surface area contributed by atoms with Gasteiger partial charge in [-0.15, -0.1) is 0 Å². The van der Waals surface area contributed by atoms with E-state index in [0.29, 0.717) is 12.1 Å². The zero-order chi connectivity index (χ0) is 27.8. The van der Waals surface area contributed by atoms with Gasteiger partial charge in [0.15, 0.2) is 0 Å². The lowest BCUT2D eigenvalue weighted by Gasteiger charge is -2.31. The number of hydrogen-bond acceptors (Lipinski definition) is 6. The first-order valence-corrected chi connectivity index (χ1v) is 13.7. The van der Waals surface area contributed by atoms with Crippen molar-refractivity contribution in [2.24, 2.45) is 11.8 Å². The highest BCUT2D eigenvalue weighted by Crippen LogP contribution is 2.27. The van der Waals surface area contributed by atoms with Crippen molar-refractivity contribution in [1.82, 2.24) is 14.9 Å². The van der Waals surface area contributed by atoms with Gasteiger partial charge in [-0.2, -0.15) is 0 Å². The number of nitrogens with zero attached hydrogens (tertiary/aromatic N) is 1. The monoisotopic (exact) mass is 549 g/mol. The van der Waals surface area contributed by atoms with Crippen LogP contribution in [0.3, 0.4) is 0 Å². The highest BCUT2D eigenvalue weighted by molar-refractivity contribution is 7.97. The average molecular weight is 550 g/mol. The molecule has 1 heterocycles. The fraction of sp³-hybridized carbons (Fsp3) is 0.500. The van der Waals surface area contributed by atoms with Gasteiger partial charge in [-0.05, 0) is 79.1 Å². The van der Waals surface area contributed by atoms with Crippen molar-refractivity contribution in [1.29, 1.82) is 0 Å². The minimum atomic E-state index is -1.59. The number of aliphatic hydroxyl groups is 2. The maximum absolute atomic E-state index is 13.8. The van der Waals surface area contributed by atoms with Crippen LogP contribution in [0.15, 0.2) is 47.4 Å². The van der Waals surface area contributed by atoms with Crippen LogP contribution in [-0.4, -0.2) is 64.2 Å². The summed E-state index contributed by atoms with van der Waals surface area (Å²) in [4.78, 5) is 26.6. The van der Waals surface area contributed by atoms with Crippen molar-refractivity contribution in [3.8, 4) is 0 Å². The Hall–Kier alpha value is -2.53. The summed E-state index contributed by atoms with van der Waals surface area (Å²) in [6.45, 7) is 7.77. The third-order valence-electron chi connectivity index (χ3n) is 6.48. The third-order valence-corrected chi connectivity index (χ3v) is 7.59. The van der Waals surface area contributed by atoms with Crippen molar-refractivity contribution in [3.63, 3.8) is 0 Å². The normalized spacial score (nSPS) is 17.2. The van der Waals surface area contributed by atoms with E-state index in [1.807, 2.05) is 26.0 Å². The fourth-order valence-electron chi connectivity index (χ4n) is 4.24. The SMILES string of the molecule is CC(C)CNC(=O)[C@H](C)[C@@H](O)[C@H](O)[C@H](Cc1cc(F)cc(F)c1)NC(=O)c1ccc(SN2CCCC2)cc1. The van der Waals surface area contributed by atoms with E-state index in [2.05, 4.69) is 14.9 Å². The molecule has 3 rings (SSSR count). The molecule has 2 aromatic carbocycles. The predicted octanol–water partition coefficient (Wildman–Crippen LogP) is 3.54. The summed E-state index contributed by atoms with van der Waals surface area (Å²) in [5.74, 6) is -3.36. The van der Waals surface area contributed by atoms with E-state index in [4.69, 9.17) is 0 Å². The molecule has 1 aliphatic rings. The summed E-state index contributed by atoms with van der Waals surface area (Å²) in [7, 11) is 0. The Labute approximate surface area is 227 Å². The van der Waals surface area contributed by atoms with E-state index in [1.54, 1.807) is 24.1 Å². The number of carbonyl (C=O) groups excluding carboxylic acids is 2. The van der Waals surface area contributed by atoms with Crippen LogP contribution < -0.4 is 10.6 Å². The minimum absolute atomic E-state index is 0.165. The van der Waals surface area contributed by atoms with E-state index < -0.39 is 47.6 Å². The van der Waals surface area contributed by atoms with Gasteiger partial charge in [0.1, 0.15) is 17.7 Å². The molecule has 0 bridgehead atoms. The zero-order valence-electron chi connectivity index (χ0n) is 22.0. The summed E-state index contributed by atoms with van der Waals surface area (Å²) >= 11 is 1.63. The number of amides is 2. The summed E-state index contributed by atoms with van der Waals surface area (Å²) in [5.41, 5.74) is 0.518. The van der Waals surface area contributed by atoms with Crippen molar-refractivity contribution in [3.05, 3.63) is 65.2 Å². The number of benzene rings is 2. The molecule has 2 aromatic rings. The molecular formula is C28H37F2N3O4S. The molecule has 208 valence electrons. The molecule has 2 amide bonds. The fourth-order valence-corrected chi connectivity index (χ4v) is 5.24. The molecule has 0 aromatic heterocycles. The maximum Gasteiger partial charge on any atom is 0.251 e. The van der Waals surface area contributed by atoms with Crippen LogP contribution in [0, 0.1) is 23.5 Å². The first-order chi connectivity index (χ1) is 18.0. The van der Waals surface area contributed by atoms with Crippen LogP contribution in [0.2, 0.25) is 0 Å². The Morgan fingerprint density at radius 3 is 2.16 bits per heavy atom. The standard InChI is InChI=1S/C28H37F2N3O4S/c1-17(2)16-31-27(36)18(3)25(34)26(35)24(14-19-12-21(29)15-22(30)13-19)32-28(37)20-6-8-23(9-7-20)38-33-10-4-5-11-33/h6-9,12-13,15,17-18,24-26,34-35H,4-5,10-11,14,16H2,1-3H3,(H,31,36)(H,32,37)/t18-,24+,25-,26-/m1/s1. The molecule has 4 atom stereocenters. The summed E-state index contributed by atoms with van der Waals surface area (Å²) in [6.07, 6.45) is -0.964. The number of nitrogens with one attached hydrogen (secondary N) is 2. The minimum Gasteiger partial charge on any atom is -0.390 e. The van der Waals surface area contributed by atoms with Crippen molar-refractivity contribution >= 4 is 23.8 Å². The zero-order valence-corrected chi connectivity index (χ0v) is 22.8. The van der Waals surface area contributed by atoms with E-state index in [1.165, 1.54) is 6.92 Å². The molecule has 0 unspecified atom stereocenters. The van der Waals surface area contributed by atoms with Crippen LogP contribution >= 0.6 is 11.9 Å². The third kappa shape index (κ3) is 8.76. The van der Waals surface area contributed by atoms with Gasteiger partial charge < -0.3 is 20.8 Å². The van der Waals surface area contributed by atoms with Crippen LogP contribution in [0.1, 0.15) is 49.5 Å². The number of hydrogen-bond donors (Lipinski definition) is 4. The molecule has 10 heteroatoms. The van der Waals surface area contributed by atoms with Gasteiger partial charge in [0.05, 0.1) is 18.1 Å². The Morgan fingerprint density at radius 2 is 1.58 bits per heavy atom. The van der Waals surface area contributed by atoms with Crippen LogP contribution in [0.25, 0.3) is 0 Å². The molecule has 1 aliphatic heterocycles. The maximum atomic E-state index is 13.8. The number of rotatable bonds is 12. The molecule has 0 radical (unpaired) electrons. The van der Waals surface area contributed by atoms with Gasteiger partial charge in [-0.1, -0.05) is 20.8 Å². The van der Waals surface area contributed by atoms with Gasteiger partial charge in [0.2, 0.25) is 5.91 Å². The van der Waals surface area contributed by atoms with Gasteiger partial charge in [-0.25, -0.2) is 13.1 Å². The van der Waals surface area contributed by atoms with Gasteiger partial charge in [0, 0.05) is 36.2 Å². The molecule has 38 heavy (non-hydrogen) atoms. The predicted molar refractivity (Wildman–Crippen MR) is 143 cm³/mol. The molecule has 0 spiro atoms. The first kappa shape index (κ1) is 30.0. The van der Waals surface area contributed by atoms with Crippen molar-refractivity contribution in [2.45, 2.75) is 63.2 Å². The molecule has 1 saturated heterocycles. The highest BCUT2D eigenvalue weighted by atomic mass is 32.2. The average Bonchev–Trinajstić information content (AvgIpc) is 3.38. The van der Waals surface area contributed by atoms with E-state index in [9.17, 15) is 28.6 Å². The Kier molecular flexibility index (Phi) is 11.1. The van der Waals surface area contributed by atoms with Crippen LogP contribution in [0.5, 0.6) is 0 Å². The summed E-state index contributed by atoms with van der Waals surface area (Å²) in [5, 5.41) is 27.3. The highest BCUT2D eigenvalue weighted by Gasteiger charge is 2.34. The lowest BCUT2D eigenvalue weighted by atomic mass is 9.90. The van der Waals surface area contributed by atoms with E-state index in [-0.39, 0.29) is 17.9 Å². The van der Waals surface area contributed by atoms with Crippen molar-refractivity contribution in [2.75, 3.05) is 19.6 Å². The molecule has 4 N–H and O–H groups in total. The van der Waals surface area contributed by atoms with Gasteiger partial charge >= 0.3 is 0 Å². The topological polar surface area (TPSA) is 102 Å². The molecule has 7 nitrogen and oxygen atoms in total. The van der Waals surface area contributed by atoms with Crippen molar-refractivity contribution < 1.29 is 28.6 Å². The second-order valence-corrected chi connectivity index (χ2v) is 11.4. The lowest BCUT2D eigenvalue weighted by molar-refractivity contribution is -0.131. The molecule has 1 fully saturated rings. The summed E-state index contributed by atoms with van der Waals surface area (Å²) < 4.78 is 29.9. The van der Waals surface area contributed by atoms with Gasteiger partial charge in [-0.3, -0.25) is 9.59 Å². The summed E-state index contributed by atoms with van der Waals surface area (Å²) in [6, 6.07) is 8.80. The molecule has 0 saturated carbocycles. The quantitative estimate of drug-likeness (QED) is 0.302. The smallest absolute Gasteiger partial charge is 0.251 e. The number of aliphatic hydroxyl groups excluding tert-OH is 2. The van der Waals surface area contributed by atoms with E-state index in [0.717, 1.165) is 49.0 Å². The van der Waals surface area contributed by atoms with Crippen LogP contribution in [0.4, 0.5) is 8.78 Å². The second kappa shape index (κ2) is 14.0. The Bertz CT molecular complexity index is 1060. The van der Waals surface area contributed by atoms with Crippen LogP contribution in [-0.2, 0) is 11.2 Å².